The van der Waals surface area contributed by atoms with Gasteiger partial charge in [-0.05, 0) is 53.8 Å². The van der Waals surface area contributed by atoms with Gasteiger partial charge in [-0.3, -0.25) is 14.5 Å². The van der Waals surface area contributed by atoms with Gasteiger partial charge in [0, 0.05) is 29.6 Å². The van der Waals surface area contributed by atoms with Crippen LogP contribution in [0.15, 0.2) is 72.8 Å². The molecule has 0 radical (unpaired) electrons. The predicted octanol–water partition coefficient (Wildman–Crippen LogP) is 6.61. The molecule has 2 aliphatic rings. The first-order valence-corrected chi connectivity index (χ1v) is 15.2. The van der Waals surface area contributed by atoms with Crippen molar-refractivity contribution >= 4 is 34.4 Å². The van der Waals surface area contributed by atoms with Crippen molar-refractivity contribution in [2.75, 3.05) is 18.6 Å². The molecule has 0 spiro atoms. The number of aromatic nitrogens is 1. The number of methoxy groups -OCH3 is 1. The van der Waals surface area contributed by atoms with Crippen molar-refractivity contribution in [3.63, 3.8) is 0 Å². The van der Waals surface area contributed by atoms with Crippen molar-refractivity contribution in [1.29, 1.82) is 0 Å². The normalized spacial score (nSPS) is 18.5. The lowest BCUT2D eigenvalue weighted by atomic mass is 9.89. The fourth-order valence-corrected chi connectivity index (χ4v) is 6.59. The number of H-pyrrole nitrogens is 1. The molecular weight excluding hydrogens is 540 g/mol. The molecule has 3 aromatic carbocycles. The molecule has 8 nitrogen and oxygen atoms in total. The third kappa shape index (κ3) is 5.05. The number of hydrogen-bond donors (Lipinski definition) is 2. The van der Waals surface area contributed by atoms with Crippen molar-refractivity contribution in [1.82, 2.24) is 15.2 Å². The number of aromatic amines is 1. The number of imide groups is 1. The van der Waals surface area contributed by atoms with E-state index < -0.39 is 18.1 Å². The molecule has 222 valence electrons. The number of para-hydroxylation sites is 2. The summed E-state index contributed by atoms with van der Waals surface area (Å²) in [5.41, 5.74) is 4.34. The zero-order valence-electron chi connectivity index (χ0n) is 24.9. The summed E-state index contributed by atoms with van der Waals surface area (Å²) in [4.78, 5) is 48.5. The number of unbranched alkanes of at least 4 members (excludes halogenated alkanes) is 1. The molecule has 43 heavy (non-hydrogen) atoms. The highest BCUT2D eigenvalue weighted by atomic mass is 16.5. The van der Waals surface area contributed by atoms with Crippen LogP contribution in [-0.2, 0) is 11.2 Å². The van der Waals surface area contributed by atoms with E-state index in [2.05, 4.69) is 24.1 Å². The molecule has 4 aromatic rings. The summed E-state index contributed by atoms with van der Waals surface area (Å²) < 4.78 is 5.52. The number of fused-ring (bicyclic) bond motifs is 4. The number of rotatable bonds is 10. The van der Waals surface area contributed by atoms with Crippen LogP contribution >= 0.6 is 0 Å². The van der Waals surface area contributed by atoms with Crippen molar-refractivity contribution in [3.8, 4) is 5.75 Å². The van der Waals surface area contributed by atoms with Crippen LogP contribution in [0.4, 0.5) is 10.5 Å². The van der Waals surface area contributed by atoms with Crippen LogP contribution in [0.3, 0.4) is 0 Å². The molecule has 2 aliphatic heterocycles. The summed E-state index contributed by atoms with van der Waals surface area (Å²) in [6, 6.07) is 20.8. The zero-order valence-corrected chi connectivity index (χ0v) is 24.9. The number of hydrogen-bond acceptors (Lipinski definition) is 4. The first kappa shape index (κ1) is 28.5. The number of amides is 4. The number of urea groups is 1. The Morgan fingerprint density at radius 2 is 1.84 bits per heavy atom. The van der Waals surface area contributed by atoms with E-state index >= 15 is 0 Å². The van der Waals surface area contributed by atoms with Crippen molar-refractivity contribution in [3.05, 3.63) is 95.2 Å². The monoisotopic (exact) mass is 578 g/mol. The second-order valence-electron chi connectivity index (χ2n) is 11.5. The summed E-state index contributed by atoms with van der Waals surface area (Å²) in [7, 11) is 1.61. The average molecular weight is 579 g/mol. The Kier molecular flexibility index (Phi) is 7.93. The number of nitrogens with one attached hydrogen (secondary N) is 2. The van der Waals surface area contributed by atoms with E-state index in [0.29, 0.717) is 35.9 Å². The average Bonchev–Trinajstić information content (AvgIpc) is 3.53. The van der Waals surface area contributed by atoms with E-state index in [1.807, 2.05) is 48.5 Å². The molecule has 3 heterocycles. The Morgan fingerprint density at radius 1 is 1.05 bits per heavy atom. The fourth-order valence-electron chi connectivity index (χ4n) is 6.59. The highest BCUT2D eigenvalue weighted by Crippen LogP contribution is 2.45. The maximum absolute atomic E-state index is 14.4. The lowest BCUT2D eigenvalue weighted by Gasteiger charge is -2.36. The van der Waals surface area contributed by atoms with E-state index in [4.69, 9.17) is 4.74 Å². The minimum absolute atomic E-state index is 0.281. The lowest BCUT2D eigenvalue weighted by molar-refractivity contribution is -0.120. The number of ether oxygens (including phenoxy) is 1. The minimum atomic E-state index is -0.718. The third-order valence-electron chi connectivity index (χ3n) is 8.94. The van der Waals surface area contributed by atoms with Gasteiger partial charge in [0.25, 0.3) is 11.8 Å². The minimum Gasteiger partial charge on any atom is -0.497 e. The summed E-state index contributed by atoms with van der Waals surface area (Å²) >= 11 is 0. The molecule has 0 saturated carbocycles. The second kappa shape index (κ2) is 12.0. The first-order chi connectivity index (χ1) is 21.0. The summed E-state index contributed by atoms with van der Waals surface area (Å²) in [6.45, 7) is 4.85. The summed E-state index contributed by atoms with van der Waals surface area (Å²) in [5, 5.41) is 4.11. The summed E-state index contributed by atoms with van der Waals surface area (Å²) in [6.07, 6.45) is 4.63. The lowest BCUT2D eigenvalue weighted by Crippen LogP contribution is -2.44. The van der Waals surface area contributed by atoms with Gasteiger partial charge in [0.05, 0.1) is 18.4 Å². The largest absolute Gasteiger partial charge is 0.497 e. The number of benzene rings is 3. The van der Waals surface area contributed by atoms with Crippen molar-refractivity contribution < 1.29 is 19.1 Å². The van der Waals surface area contributed by atoms with Crippen LogP contribution in [0.1, 0.15) is 72.8 Å². The fraction of sp³-hybridized carbons (Fsp3) is 0.343. The predicted molar refractivity (Wildman–Crippen MR) is 167 cm³/mol. The van der Waals surface area contributed by atoms with Gasteiger partial charge in [-0.25, -0.2) is 9.69 Å². The number of anilines is 1. The molecule has 1 fully saturated rings. The molecule has 2 N–H and O–H groups in total. The molecule has 6 rings (SSSR count). The van der Waals surface area contributed by atoms with Crippen LogP contribution in [0.5, 0.6) is 5.75 Å². The molecular formula is C35H38N4O4. The van der Waals surface area contributed by atoms with Crippen LogP contribution in [0.25, 0.3) is 10.9 Å². The van der Waals surface area contributed by atoms with Crippen molar-refractivity contribution in [2.24, 2.45) is 5.92 Å². The van der Waals surface area contributed by atoms with Gasteiger partial charge in [-0.15, -0.1) is 0 Å². The first-order valence-electron chi connectivity index (χ1n) is 15.2. The van der Waals surface area contributed by atoms with Crippen LogP contribution in [-0.4, -0.2) is 47.4 Å². The van der Waals surface area contributed by atoms with Crippen LogP contribution < -0.4 is 15.0 Å². The zero-order chi connectivity index (χ0) is 30.1. The van der Waals surface area contributed by atoms with E-state index in [1.54, 1.807) is 36.3 Å². The molecule has 0 bridgehead atoms. The van der Waals surface area contributed by atoms with Gasteiger partial charge < -0.3 is 15.0 Å². The smallest absolute Gasteiger partial charge is 0.332 e. The molecule has 1 aromatic heterocycles. The molecule has 1 saturated heterocycles. The third-order valence-corrected chi connectivity index (χ3v) is 8.94. The van der Waals surface area contributed by atoms with Gasteiger partial charge in [-0.1, -0.05) is 75.6 Å². The standard InChI is InChI=1S/C35H38N4O4/c1-4-6-12-22(5-2)21-36-33(40)26-16-8-10-18-29(26)39-34(41)30-20-27-25-15-7-9-17-28(25)37-31(27)32(38(30)35(39)42)23-13-11-14-24(19-23)43-3/h7-11,13-19,22,30,32,37H,4-6,12,20-21H2,1-3H3,(H,36,40)/t22-,30+,32+/m1/s1. The van der Waals surface area contributed by atoms with E-state index in [1.165, 1.54) is 4.90 Å². The quantitative estimate of drug-likeness (QED) is 0.207. The van der Waals surface area contributed by atoms with Crippen molar-refractivity contribution in [2.45, 2.75) is 58.0 Å². The van der Waals surface area contributed by atoms with Gasteiger partial charge >= 0.3 is 6.03 Å². The molecule has 0 aliphatic carbocycles. The maximum Gasteiger partial charge on any atom is 0.332 e. The second-order valence-corrected chi connectivity index (χ2v) is 11.5. The van der Waals surface area contributed by atoms with E-state index in [9.17, 15) is 14.4 Å². The highest BCUT2D eigenvalue weighted by Gasteiger charge is 2.53. The van der Waals surface area contributed by atoms with Crippen LogP contribution in [0.2, 0.25) is 0 Å². The Hall–Kier alpha value is -4.59. The topological polar surface area (TPSA) is 94.7 Å². The Balaban J connectivity index is 1.38. The molecule has 3 atom stereocenters. The van der Waals surface area contributed by atoms with Crippen LogP contribution in [0, 0.1) is 5.92 Å². The molecule has 8 heteroatoms. The molecule has 4 amide bonds. The maximum atomic E-state index is 14.4. The van der Waals surface area contributed by atoms with Gasteiger partial charge in [-0.2, -0.15) is 0 Å². The Labute approximate surface area is 252 Å². The Bertz CT molecular complexity index is 1680. The highest BCUT2D eigenvalue weighted by molar-refractivity contribution is 6.24. The summed E-state index contributed by atoms with van der Waals surface area (Å²) in [5.74, 6) is 0.436. The Morgan fingerprint density at radius 3 is 2.63 bits per heavy atom. The van der Waals surface area contributed by atoms with Gasteiger partial charge in [0.1, 0.15) is 17.8 Å². The molecule has 0 unspecified atom stereocenters. The number of carbonyl (C=O) groups is 3. The SMILES string of the molecule is CCCC[C@@H](CC)CNC(=O)c1ccccc1N1C(=O)[C@@H]2Cc3c([nH]c4ccccc34)[C@H](c3cccc(OC)c3)N2C1=O. The van der Waals surface area contributed by atoms with Gasteiger partial charge in [0.2, 0.25) is 0 Å². The number of carbonyl (C=O) groups excluding carboxylic acids is 3. The number of nitrogens with zero attached hydrogens (tertiary/aromatic N) is 2. The van der Waals surface area contributed by atoms with E-state index in [0.717, 1.165) is 53.4 Å². The van der Waals surface area contributed by atoms with E-state index in [-0.39, 0.29) is 11.8 Å². The van der Waals surface area contributed by atoms with Gasteiger partial charge in [0.15, 0.2) is 0 Å².